The highest BCUT2D eigenvalue weighted by Crippen LogP contribution is 2.32. The zero-order valence-corrected chi connectivity index (χ0v) is 20.9. The van der Waals surface area contributed by atoms with Gasteiger partial charge in [-0.15, -0.1) is 0 Å². The van der Waals surface area contributed by atoms with Crippen molar-refractivity contribution in [3.05, 3.63) is 71.8 Å². The number of aryl methyl sites for hydroxylation is 1. The summed E-state index contributed by atoms with van der Waals surface area (Å²) in [5.74, 6) is -0.639. The van der Waals surface area contributed by atoms with Gasteiger partial charge in [-0.1, -0.05) is 62.4 Å². The van der Waals surface area contributed by atoms with Crippen LogP contribution >= 0.6 is 11.6 Å². The third-order valence-electron chi connectivity index (χ3n) is 6.02. The van der Waals surface area contributed by atoms with Crippen molar-refractivity contribution in [1.29, 1.82) is 0 Å². The fourth-order valence-corrected chi connectivity index (χ4v) is 6.42. The first-order valence-corrected chi connectivity index (χ1v) is 13.0. The first kappa shape index (κ1) is 25.9. The van der Waals surface area contributed by atoms with Gasteiger partial charge in [0.1, 0.15) is 4.90 Å². The van der Waals surface area contributed by atoms with E-state index in [0.717, 1.165) is 5.56 Å². The van der Waals surface area contributed by atoms with Crippen molar-refractivity contribution >= 4 is 39.1 Å². The molecule has 0 radical (unpaired) electrons. The standard InChI is InChI=1S/C25H30ClN3O4S/c1-4-23(30)28-25-17(2)15-29(16-18(25)3)34(32,33)22-12-11-20(14-21(22)26)27-24(31)13-10-19-8-6-5-7-9-19/h4-9,11-12,14,17-18,25H,1,10,13,15-16H2,2-3H3,(H,27,31)(H,28,30). The molecular formula is C25H30ClN3O4S. The van der Waals surface area contributed by atoms with Gasteiger partial charge in [0, 0.05) is 31.2 Å². The molecule has 2 unspecified atom stereocenters. The van der Waals surface area contributed by atoms with Gasteiger partial charge in [0.25, 0.3) is 0 Å². The lowest BCUT2D eigenvalue weighted by Crippen LogP contribution is -2.55. The van der Waals surface area contributed by atoms with E-state index in [2.05, 4.69) is 17.2 Å². The molecule has 2 atom stereocenters. The van der Waals surface area contributed by atoms with E-state index in [4.69, 9.17) is 11.6 Å². The van der Waals surface area contributed by atoms with Crippen molar-refractivity contribution in [3.8, 4) is 0 Å². The molecule has 0 aliphatic carbocycles. The summed E-state index contributed by atoms with van der Waals surface area (Å²) < 4.78 is 28.1. The predicted octanol–water partition coefficient (Wildman–Crippen LogP) is 3.86. The Balaban J connectivity index is 1.66. The zero-order valence-electron chi connectivity index (χ0n) is 19.3. The van der Waals surface area contributed by atoms with Gasteiger partial charge in [-0.25, -0.2) is 8.42 Å². The molecule has 0 spiro atoms. The number of rotatable bonds is 8. The fraction of sp³-hybridized carbons (Fsp3) is 0.360. The van der Waals surface area contributed by atoms with E-state index in [9.17, 15) is 18.0 Å². The van der Waals surface area contributed by atoms with Crippen LogP contribution in [0.1, 0.15) is 25.8 Å². The second kappa shape index (κ2) is 11.2. The first-order chi connectivity index (χ1) is 16.1. The molecule has 1 fully saturated rings. The summed E-state index contributed by atoms with van der Waals surface area (Å²) in [4.78, 5) is 24.0. The van der Waals surface area contributed by atoms with Crippen LogP contribution in [0.3, 0.4) is 0 Å². The smallest absolute Gasteiger partial charge is 0.244 e. The van der Waals surface area contributed by atoms with Crippen LogP contribution in [0.15, 0.2) is 66.1 Å². The number of nitrogens with zero attached hydrogens (tertiary/aromatic N) is 1. The van der Waals surface area contributed by atoms with Crippen LogP contribution in [-0.4, -0.2) is 43.7 Å². The normalized spacial score (nSPS) is 21.0. The van der Waals surface area contributed by atoms with Gasteiger partial charge >= 0.3 is 0 Å². The summed E-state index contributed by atoms with van der Waals surface area (Å²) in [7, 11) is -3.85. The van der Waals surface area contributed by atoms with E-state index in [1.54, 1.807) is 6.07 Å². The predicted molar refractivity (Wildman–Crippen MR) is 134 cm³/mol. The lowest BCUT2D eigenvalue weighted by molar-refractivity contribution is -0.118. The van der Waals surface area contributed by atoms with Crippen molar-refractivity contribution in [2.75, 3.05) is 18.4 Å². The Hall–Kier alpha value is -2.68. The number of piperidine rings is 1. The number of carbonyl (C=O) groups is 2. The fourth-order valence-electron chi connectivity index (χ4n) is 4.26. The van der Waals surface area contributed by atoms with Crippen LogP contribution in [0, 0.1) is 11.8 Å². The summed E-state index contributed by atoms with van der Waals surface area (Å²) in [6, 6.07) is 14.0. The van der Waals surface area contributed by atoms with E-state index < -0.39 is 10.0 Å². The zero-order chi connectivity index (χ0) is 24.9. The van der Waals surface area contributed by atoms with Gasteiger partial charge in [-0.05, 0) is 48.1 Å². The molecule has 0 bridgehead atoms. The quantitative estimate of drug-likeness (QED) is 0.535. The molecule has 2 amide bonds. The van der Waals surface area contributed by atoms with E-state index in [0.29, 0.717) is 18.5 Å². The van der Waals surface area contributed by atoms with E-state index in [1.165, 1.54) is 22.5 Å². The number of hydrogen-bond acceptors (Lipinski definition) is 4. The van der Waals surface area contributed by atoms with Crippen molar-refractivity contribution in [2.24, 2.45) is 11.8 Å². The second-order valence-electron chi connectivity index (χ2n) is 8.69. The Bertz CT molecular complexity index is 1140. The highest BCUT2D eigenvalue weighted by atomic mass is 35.5. The Morgan fingerprint density at radius 1 is 1.12 bits per heavy atom. The average Bonchev–Trinajstić information content (AvgIpc) is 2.80. The molecule has 2 aromatic rings. The van der Waals surface area contributed by atoms with Gasteiger partial charge < -0.3 is 10.6 Å². The molecule has 182 valence electrons. The maximum Gasteiger partial charge on any atom is 0.244 e. The Kier molecular flexibility index (Phi) is 8.52. The highest BCUT2D eigenvalue weighted by molar-refractivity contribution is 7.89. The number of nitrogens with one attached hydrogen (secondary N) is 2. The number of sulfonamides is 1. The molecule has 1 heterocycles. The topological polar surface area (TPSA) is 95.6 Å². The molecule has 34 heavy (non-hydrogen) atoms. The van der Waals surface area contributed by atoms with Crippen LogP contribution in [0.2, 0.25) is 5.02 Å². The summed E-state index contributed by atoms with van der Waals surface area (Å²) in [5.41, 5.74) is 1.50. The summed E-state index contributed by atoms with van der Waals surface area (Å²) >= 11 is 6.35. The molecule has 2 N–H and O–H groups in total. The largest absolute Gasteiger partial charge is 0.349 e. The maximum absolute atomic E-state index is 13.3. The Labute approximate surface area is 206 Å². The molecule has 0 saturated carbocycles. The maximum atomic E-state index is 13.3. The molecule has 1 aliphatic heterocycles. The summed E-state index contributed by atoms with van der Waals surface area (Å²) in [6.45, 7) is 7.78. The van der Waals surface area contributed by atoms with Gasteiger partial charge in [-0.3, -0.25) is 9.59 Å². The van der Waals surface area contributed by atoms with Crippen LogP contribution in [0.4, 0.5) is 5.69 Å². The first-order valence-electron chi connectivity index (χ1n) is 11.2. The minimum absolute atomic E-state index is 0.00979. The van der Waals surface area contributed by atoms with Gasteiger partial charge in [0.05, 0.1) is 5.02 Å². The highest BCUT2D eigenvalue weighted by Gasteiger charge is 2.38. The summed E-state index contributed by atoms with van der Waals surface area (Å²) in [6.07, 6.45) is 2.12. The molecule has 1 aliphatic rings. The minimum Gasteiger partial charge on any atom is -0.349 e. The lowest BCUT2D eigenvalue weighted by Gasteiger charge is -2.40. The van der Waals surface area contributed by atoms with Crippen molar-refractivity contribution in [2.45, 2.75) is 37.6 Å². The number of halogens is 1. The Morgan fingerprint density at radius 3 is 2.35 bits per heavy atom. The van der Waals surface area contributed by atoms with E-state index in [-0.39, 0.29) is 52.7 Å². The monoisotopic (exact) mass is 503 g/mol. The molecule has 9 heteroatoms. The van der Waals surface area contributed by atoms with Crippen LogP contribution in [0.5, 0.6) is 0 Å². The number of amides is 2. The van der Waals surface area contributed by atoms with E-state index in [1.807, 2.05) is 44.2 Å². The van der Waals surface area contributed by atoms with Crippen molar-refractivity contribution < 1.29 is 18.0 Å². The van der Waals surface area contributed by atoms with Gasteiger partial charge in [0.15, 0.2) is 0 Å². The molecule has 0 aromatic heterocycles. The molecule has 7 nitrogen and oxygen atoms in total. The average molecular weight is 504 g/mol. The molecule has 1 saturated heterocycles. The third kappa shape index (κ3) is 6.25. The van der Waals surface area contributed by atoms with Crippen LogP contribution in [-0.2, 0) is 26.0 Å². The molecule has 3 rings (SSSR count). The molecule has 2 aromatic carbocycles. The van der Waals surface area contributed by atoms with E-state index >= 15 is 0 Å². The van der Waals surface area contributed by atoms with Gasteiger partial charge in [0.2, 0.25) is 21.8 Å². The number of hydrogen-bond donors (Lipinski definition) is 2. The van der Waals surface area contributed by atoms with Crippen LogP contribution < -0.4 is 10.6 Å². The molecular weight excluding hydrogens is 474 g/mol. The van der Waals surface area contributed by atoms with Gasteiger partial charge in [-0.2, -0.15) is 4.31 Å². The number of benzene rings is 2. The number of carbonyl (C=O) groups excluding carboxylic acids is 2. The number of anilines is 1. The second-order valence-corrected chi connectivity index (χ2v) is 11.0. The Morgan fingerprint density at radius 2 is 1.76 bits per heavy atom. The van der Waals surface area contributed by atoms with Crippen molar-refractivity contribution in [1.82, 2.24) is 9.62 Å². The van der Waals surface area contributed by atoms with Crippen LogP contribution in [0.25, 0.3) is 0 Å². The third-order valence-corrected chi connectivity index (χ3v) is 8.34. The SMILES string of the molecule is C=CC(=O)NC1C(C)CN(S(=O)(=O)c2ccc(NC(=O)CCc3ccccc3)cc2Cl)CC1C. The minimum atomic E-state index is -3.85. The summed E-state index contributed by atoms with van der Waals surface area (Å²) in [5, 5.41) is 5.71. The van der Waals surface area contributed by atoms with Crippen molar-refractivity contribution in [3.63, 3.8) is 0 Å². The lowest BCUT2D eigenvalue weighted by atomic mass is 9.87.